The fourth-order valence-electron chi connectivity index (χ4n) is 6.75. The van der Waals surface area contributed by atoms with Crippen LogP contribution in [0.5, 0.6) is 6.01 Å². The minimum absolute atomic E-state index is 0.0709. The molecule has 1 aromatic heterocycles. The van der Waals surface area contributed by atoms with E-state index in [4.69, 9.17) is 26.3 Å². The van der Waals surface area contributed by atoms with Crippen LogP contribution in [0.25, 0.3) is 10.8 Å². The maximum absolute atomic E-state index is 12.9. The van der Waals surface area contributed by atoms with E-state index < -0.39 is 0 Å². The van der Waals surface area contributed by atoms with Gasteiger partial charge >= 0.3 is 6.01 Å². The summed E-state index contributed by atoms with van der Waals surface area (Å²) in [7, 11) is 8.26. The normalized spacial score (nSPS) is 20.7. The van der Waals surface area contributed by atoms with Gasteiger partial charge in [0.25, 0.3) is 0 Å². The Hall–Kier alpha value is -3.40. The van der Waals surface area contributed by atoms with Gasteiger partial charge in [0.05, 0.1) is 17.3 Å². The summed E-state index contributed by atoms with van der Waals surface area (Å²) in [5, 5.41) is 2.96. The van der Waals surface area contributed by atoms with Crippen molar-refractivity contribution in [2.24, 2.45) is 0 Å². The van der Waals surface area contributed by atoms with Gasteiger partial charge in [-0.15, -0.1) is 0 Å². The first kappa shape index (κ1) is 30.6. The largest absolute Gasteiger partial charge is 0.462 e. The Balaban J connectivity index is 1.27. The number of carbonyl (C=O) groups excluding carboxylic acids is 1. The molecule has 44 heavy (non-hydrogen) atoms. The van der Waals surface area contributed by atoms with Crippen molar-refractivity contribution in [2.45, 2.75) is 44.3 Å². The molecule has 0 aliphatic carbocycles. The zero-order valence-electron chi connectivity index (χ0n) is 26.4. The highest BCUT2D eigenvalue weighted by Crippen LogP contribution is 2.37. The highest BCUT2D eigenvalue weighted by molar-refractivity contribution is 6.36. The van der Waals surface area contributed by atoms with Crippen molar-refractivity contribution in [1.29, 1.82) is 0 Å². The number of fused-ring (bicyclic) bond motifs is 2. The summed E-state index contributed by atoms with van der Waals surface area (Å²) in [5.41, 5.74) is 3.27. The number of carbonyl (C=O) groups is 1. The second kappa shape index (κ2) is 13.3. The first-order valence-electron chi connectivity index (χ1n) is 15.8. The molecule has 0 spiro atoms. The Labute approximate surface area is 266 Å². The summed E-state index contributed by atoms with van der Waals surface area (Å²) in [6, 6.07) is 13.4. The second-order valence-corrected chi connectivity index (χ2v) is 13.0. The van der Waals surface area contributed by atoms with Gasteiger partial charge in [0.15, 0.2) is 0 Å². The number of amides is 1. The summed E-state index contributed by atoms with van der Waals surface area (Å²) in [6.45, 7) is 5.31. The molecule has 0 radical (unpaired) electrons. The molecule has 6 rings (SSSR count). The number of likely N-dealkylation sites (tertiary alicyclic amines) is 2. The van der Waals surface area contributed by atoms with Gasteiger partial charge in [0, 0.05) is 68.0 Å². The third-order valence-corrected chi connectivity index (χ3v) is 9.67. The van der Waals surface area contributed by atoms with Gasteiger partial charge in [-0.25, -0.2) is 0 Å². The first-order chi connectivity index (χ1) is 21.3. The van der Waals surface area contributed by atoms with Crippen LogP contribution in [-0.4, -0.2) is 110 Å². The summed E-state index contributed by atoms with van der Waals surface area (Å²) in [4.78, 5) is 33.9. The van der Waals surface area contributed by atoms with E-state index in [0.717, 1.165) is 84.0 Å². The van der Waals surface area contributed by atoms with Crippen molar-refractivity contribution < 1.29 is 9.53 Å². The monoisotopic (exact) mass is 617 g/mol. The van der Waals surface area contributed by atoms with Gasteiger partial charge in [-0.1, -0.05) is 41.9 Å². The molecule has 4 heterocycles. The van der Waals surface area contributed by atoms with Crippen molar-refractivity contribution in [3.63, 3.8) is 0 Å². The lowest BCUT2D eigenvalue weighted by Gasteiger charge is -2.35. The zero-order chi connectivity index (χ0) is 30.8. The van der Waals surface area contributed by atoms with Crippen LogP contribution in [0.15, 0.2) is 48.6 Å². The van der Waals surface area contributed by atoms with Crippen LogP contribution in [0.3, 0.4) is 0 Å². The summed E-state index contributed by atoms with van der Waals surface area (Å²) in [5.74, 6) is 0.990. The predicted octanol–water partition coefficient (Wildman–Crippen LogP) is 4.47. The third kappa shape index (κ3) is 6.50. The van der Waals surface area contributed by atoms with Crippen LogP contribution in [0.1, 0.15) is 30.5 Å². The Morgan fingerprint density at radius 1 is 1.09 bits per heavy atom. The molecule has 10 heteroatoms. The summed E-state index contributed by atoms with van der Waals surface area (Å²) < 4.78 is 6.33. The van der Waals surface area contributed by atoms with Crippen LogP contribution < -0.4 is 14.5 Å². The quantitative estimate of drug-likeness (QED) is 0.326. The van der Waals surface area contributed by atoms with Gasteiger partial charge in [-0.3, -0.25) is 4.79 Å². The Morgan fingerprint density at radius 3 is 2.68 bits per heavy atom. The van der Waals surface area contributed by atoms with E-state index in [1.807, 2.05) is 42.1 Å². The molecule has 0 saturated carbocycles. The van der Waals surface area contributed by atoms with Crippen LogP contribution in [-0.2, 0) is 17.8 Å². The van der Waals surface area contributed by atoms with Crippen molar-refractivity contribution in [3.8, 4) is 6.01 Å². The van der Waals surface area contributed by atoms with Crippen molar-refractivity contribution in [1.82, 2.24) is 24.7 Å². The molecule has 9 nitrogen and oxygen atoms in total. The molecular formula is C34H44ClN7O2. The lowest BCUT2D eigenvalue weighted by atomic mass is 10.0. The molecular weight excluding hydrogens is 574 g/mol. The number of nitrogens with zero attached hydrogens (tertiary/aromatic N) is 7. The Morgan fingerprint density at radius 2 is 1.91 bits per heavy atom. The third-order valence-electron chi connectivity index (χ3n) is 9.36. The minimum atomic E-state index is 0.0709. The lowest BCUT2D eigenvalue weighted by Crippen LogP contribution is -2.39. The standard InChI is InChI=1S/C34H44ClN7O2/c1-38(2)17-8-14-31(43)42-19-15-25(21-42)40(4)33-27-16-20-41(30-13-6-10-24-9-5-12-28(35)32(24)30)22-29(27)36-34(37-33)44-23-26-11-7-18-39(26)3/h5-6,8-10,12-14,25-26H,7,11,15-23H2,1-4H3/b14-8+/t25-,26+/m1/s1. The molecule has 3 aliphatic rings. The van der Waals surface area contributed by atoms with Crippen LogP contribution >= 0.6 is 11.6 Å². The molecule has 0 bridgehead atoms. The van der Waals surface area contributed by atoms with Crippen molar-refractivity contribution in [3.05, 3.63) is 64.8 Å². The Bertz CT molecular complexity index is 1520. The van der Waals surface area contributed by atoms with Crippen molar-refractivity contribution >= 4 is 39.8 Å². The zero-order valence-corrected chi connectivity index (χ0v) is 27.1. The SMILES string of the molecule is CN(C)C/C=C/C(=O)N1CC[C@@H](N(C)c2nc(OC[C@@H]3CCCN3C)nc3c2CCN(c2cccc4cccc(Cl)c24)C3)C1. The number of hydrogen-bond acceptors (Lipinski definition) is 8. The number of halogens is 1. The highest BCUT2D eigenvalue weighted by atomic mass is 35.5. The van der Waals surface area contributed by atoms with Gasteiger partial charge < -0.3 is 29.2 Å². The molecule has 0 N–H and O–H groups in total. The molecule has 1 amide bonds. The molecule has 2 fully saturated rings. The maximum atomic E-state index is 12.9. The maximum Gasteiger partial charge on any atom is 0.318 e. The van der Waals surface area contributed by atoms with E-state index in [-0.39, 0.29) is 11.9 Å². The smallest absolute Gasteiger partial charge is 0.318 e. The van der Waals surface area contributed by atoms with Crippen LogP contribution in [0, 0.1) is 0 Å². The van der Waals surface area contributed by atoms with E-state index in [1.54, 1.807) is 6.08 Å². The number of likely N-dealkylation sites (N-methyl/N-ethyl adjacent to an activating group) is 3. The first-order valence-corrected chi connectivity index (χ1v) is 16.1. The van der Waals surface area contributed by atoms with Crippen LogP contribution in [0.2, 0.25) is 5.02 Å². The minimum Gasteiger partial charge on any atom is -0.462 e. The number of rotatable bonds is 9. The average Bonchev–Trinajstić information content (AvgIpc) is 3.68. The molecule has 2 atom stereocenters. The molecule has 2 saturated heterocycles. The topological polar surface area (TPSA) is 68.3 Å². The van der Waals surface area contributed by atoms with E-state index in [0.29, 0.717) is 31.7 Å². The van der Waals surface area contributed by atoms with Gasteiger partial charge in [0.2, 0.25) is 5.91 Å². The van der Waals surface area contributed by atoms with E-state index in [1.165, 1.54) is 6.42 Å². The fraction of sp³-hybridized carbons (Fsp3) is 0.500. The van der Waals surface area contributed by atoms with E-state index in [9.17, 15) is 4.79 Å². The van der Waals surface area contributed by atoms with Gasteiger partial charge in [-0.05, 0) is 70.9 Å². The molecule has 0 unspecified atom stereocenters. The molecule has 234 valence electrons. The number of ether oxygens (including phenoxy) is 1. The molecule has 2 aromatic carbocycles. The highest BCUT2D eigenvalue weighted by Gasteiger charge is 2.33. The summed E-state index contributed by atoms with van der Waals surface area (Å²) in [6.07, 6.45) is 7.65. The summed E-state index contributed by atoms with van der Waals surface area (Å²) >= 11 is 6.72. The molecule has 3 aliphatic heterocycles. The average molecular weight is 618 g/mol. The molecule has 3 aromatic rings. The second-order valence-electron chi connectivity index (χ2n) is 12.6. The van der Waals surface area contributed by atoms with E-state index >= 15 is 0 Å². The number of benzene rings is 2. The Kier molecular flexibility index (Phi) is 9.26. The van der Waals surface area contributed by atoms with Gasteiger partial charge in [-0.2, -0.15) is 9.97 Å². The number of aromatic nitrogens is 2. The van der Waals surface area contributed by atoms with E-state index in [2.05, 4.69) is 53.1 Å². The number of hydrogen-bond donors (Lipinski definition) is 0. The lowest BCUT2D eigenvalue weighted by molar-refractivity contribution is -0.125. The number of anilines is 2. The van der Waals surface area contributed by atoms with Crippen molar-refractivity contribution in [2.75, 3.05) is 77.3 Å². The predicted molar refractivity (Wildman–Crippen MR) is 178 cm³/mol. The van der Waals surface area contributed by atoms with Gasteiger partial charge in [0.1, 0.15) is 12.4 Å². The fourth-order valence-corrected chi connectivity index (χ4v) is 7.03. The van der Waals surface area contributed by atoms with Crippen LogP contribution in [0.4, 0.5) is 11.5 Å².